The Balaban J connectivity index is 1.94. The molecule has 2 heteroatoms. The molecule has 0 bridgehead atoms. The highest BCUT2D eigenvalue weighted by Crippen LogP contribution is 2.37. The largest absolute Gasteiger partial charge is 0.289 e. The molecule has 110 valence electrons. The molecule has 0 radical (unpaired) electrons. The van der Waals surface area contributed by atoms with Crippen LogP contribution in [0.4, 0.5) is 0 Å². The Morgan fingerprint density at radius 1 is 0.696 bits per heavy atom. The lowest BCUT2D eigenvalue weighted by Gasteiger charge is -2.06. The third kappa shape index (κ3) is 2.36. The van der Waals surface area contributed by atoms with Gasteiger partial charge in [-0.2, -0.15) is 0 Å². The number of benzene rings is 2. The maximum atomic E-state index is 13.2. The number of carbonyl (C=O) groups excluding carboxylic acids is 1. The van der Waals surface area contributed by atoms with Crippen molar-refractivity contribution in [3.05, 3.63) is 94.5 Å². The summed E-state index contributed by atoms with van der Waals surface area (Å²) in [6.45, 7) is 0. The monoisotopic (exact) mass is 360 g/mol. The highest BCUT2D eigenvalue weighted by Gasteiger charge is 2.21. The molecule has 0 aromatic heterocycles. The van der Waals surface area contributed by atoms with Gasteiger partial charge in [0.1, 0.15) is 0 Å². The Kier molecular flexibility index (Phi) is 3.47. The Bertz CT molecular complexity index is 998. The minimum atomic E-state index is 0.0590. The number of ketones is 1. The summed E-state index contributed by atoms with van der Waals surface area (Å²) >= 11 is 3.58. The standard InChI is InChI=1S/C21H13BrO/c22-20-13-19(16-10-2-1-3-11-17(16)20)21(23)18-12-6-8-14-7-4-5-9-15(14)18/h1-13H. The third-order valence-corrected chi connectivity index (χ3v) is 4.79. The second-order valence-corrected chi connectivity index (χ2v) is 6.35. The smallest absolute Gasteiger partial charge is 0.194 e. The van der Waals surface area contributed by atoms with E-state index >= 15 is 0 Å². The molecule has 0 amide bonds. The zero-order valence-electron chi connectivity index (χ0n) is 12.3. The molecule has 0 spiro atoms. The van der Waals surface area contributed by atoms with Gasteiger partial charge in [0.2, 0.25) is 0 Å². The number of hydrogen-bond acceptors (Lipinski definition) is 1. The molecule has 0 N–H and O–H groups in total. The van der Waals surface area contributed by atoms with Gasteiger partial charge in [-0.25, -0.2) is 0 Å². The van der Waals surface area contributed by atoms with Crippen LogP contribution in [-0.4, -0.2) is 5.78 Å². The molecule has 0 fully saturated rings. The summed E-state index contributed by atoms with van der Waals surface area (Å²) in [5.74, 6) is 0.0590. The highest BCUT2D eigenvalue weighted by atomic mass is 79.9. The van der Waals surface area contributed by atoms with Gasteiger partial charge < -0.3 is 0 Å². The van der Waals surface area contributed by atoms with Crippen LogP contribution in [0.2, 0.25) is 0 Å². The lowest BCUT2D eigenvalue weighted by Crippen LogP contribution is -2.01. The summed E-state index contributed by atoms with van der Waals surface area (Å²) in [5.41, 5.74) is 3.51. The Hall–Kier alpha value is -2.45. The predicted molar refractivity (Wildman–Crippen MR) is 98.1 cm³/mol. The quantitative estimate of drug-likeness (QED) is 0.404. The molecule has 23 heavy (non-hydrogen) atoms. The van der Waals surface area contributed by atoms with Gasteiger partial charge in [-0.1, -0.05) is 88.7 Å². The first-order valence-corrected chi connectivity index (χ1v) is 8.25. The van der Waals surface area contributed by atoms with Crippen molar-refractivity contribution >= 4 is 32.5 Å². The van der Waals surface area contributed by atoms with Gasteiger partial charge in [-0.15, -0.1) is 0 Å². The van der Waals surface area contributed by atoms with Crippen LogP contribution in [0.3, 0.4) is 0 Å². The van der Waals surface area contributed by atoms with E-state index in [0.717, 1.165) is 37.5 Å². The van der Waals surface area contributed by atoms with Crippen molar-refractivity contribution in [1.29, 1.82) is 0 Å². The van der Waals surface area contributed by atoms with Gasteiger partial charge in [0.25, 0.3) is 0 Å². The first-order valence-electron chi connectivity index (χ1n) is 7.45. The first-order chi connectivity index (χ1) is 11.3. The summed E-state index contributed by atoms with van der Waals surface area (Å²) in [6, 6.07) is 25.7. The molecule has 2 aliphatic rings. The minimum Gasteiger partial charge on any atom is -0.289 e. The van der Waals surface area contributed by atoms with Gasteiger partial charge in [0, 0.05) is 15.6 Å². The number of fused-ring (bicyclic) bond motifs is 2. The Morgan fingerprint density at radius 3 is 2.26 bits per heavy atom. The van der Waals surface area contributed by atoms with Crippen molar-refractivity contribution in [3.8, 4) is 11.1 Å². The second-order valence-electron chi connectivity index (χ2n) is 5.50. The summed E-state index contributed by atoms with van der Waals surface area (Å²) in [6.07, 6.45) is 0. The Labute approximate surface area is 143 Å². The average molecular weight is 361 g/mol. The van der Waals surface area contributed by atoms with E-state index in [0.29, 0.717) is 0 Å². The summed E-state index contributed by atoms with van der Waals surface area (Å²) in [5, 5.41) is 2.07. The second kappa shape index (κ2) is 5.64. The van der Waals surface area contributed by atoms with E-state index in [1.54, 1.807) is 0 Å². The molecule has 0 saturated carbocycles. The van der Waals surface area contributed by atoms with Crippen LogP contribution in [0.1, 0.15) is 15.9 Å². The van der Waals surface area contributed by atoms with Crippen molar-refractivity contribution in [2.75, 3.05) is 0 Å². The lowest BCUT2D eigenvalue weighted by atomic mass is 9.96. The summed E-state index contributed by atoms with van der Waals surface area (Å²) < 4.78 is 0.951. The van der Waals surface area contributed by atoms with Gasteiger partial charge in [-0.3, -0.25) is 4.79 Å². The fraction of sp³-hybridized carbons (Fsp3) is 0. The van der Waals surface area contributed by atoms with E-state index in [9.17, 15) is 4.79 Å². The van der Waals surface area contributed by atoms with Crippen LogP contribution in [-0.2, 0) is 0 Å². The number of rotatable bonds is 2. The fourth-order valence-corrected chi connectivity index (χ4v) is 3.60. The third-order valence-electron chi connectivity index (χ3n) is 4.14. The summed E-state index contributed by atoms with van der Waals surface area (Å²) in [7, 11) is 0. The predicted octanol–water partition coefficient (Wildman–Crippen LogP) is 5.94. The van der Waals surface area contributed by atoms with Gasteiger partial charge in [-0.05, 0) is 28.0 Å². The van der Waals surface area contributed by atoms with Crippen LogP contribution >= 0.6 is 15.9 Å². The molecule has 0 saturated heterocycles. The van der Waals surface area contributed by atoms with Crippen molar-refractivity contribution in [2.24, 2.45) is 0 Å². The molecule has 4 rings (SSSR count). The van der Waals surface area contributed by atoms with E-state index in [4.69, 9.17) is 0 Å². The van der Waals surface area contributed by atoms with E-state index in [-0.39, 0.29) is 5.78 Å². The maximum Gasteiger partial charge on any atom is 0.194 e. The number of carbonyl (C=O) groups is 1. The molecule has 2 aromatic rings. The van der Waals surface area contributed by atoms with Crippen LogP contribution in [0.25, 0.3) is 21.9 Å². The maximum absolute atomic E-state index is 13.2. The topological polar surface area (TPSA) is 17.1 Å². The van der Waals surface area contributed by atoms with Gasteiger partial charge in [0.05, 0.1) is 0 Å². The molecule has 2 aromatic carbocycles. The molecule has 2 aliphatic carbocycles. The minimum absolute atomic E-state index is 0.0590. The molecule has 0 atom stereocenters. The van der Waals surface area contributed by atoms with Crippen molar-refractivity contribution in [3.63, 3.8) is 0 Å². The van der Waals surface area contributed by atoms with Crippen LogP contribution in [0.5, 0.6) is 0 Å². The van der Waals surface area contributed by atoms with E-state index < -0.39 is 0 Å². The molecular weight excluding hydrogens is 348 g/mol. The SMILES string of the molecule is O=C(c1cc(Br)c2cccccc1-2)c1cccc2ccccc12. The Morgan fingerprint density at radius 2 is 1.39 bits per heavy atom. The molecule has 0 unspecified atom stereocenters. The molecule has 1 nitrogen and oxygen atoms in total. The number of hydrogen-bond donors (Lipinski definition) is 0. The average Bonchev–Trinajstić information content (AvgIpc) is 2.77. The summed E-state index contributed by atoms with van der Waals surface area (Å²) in [4.78, 5) is 13.2. The highest BCUT2D eigenvalue weighted by molar-refractivity contribution is 9.10. The van der Waals surface area contributed by atoms with Crippen molar-refractivity contribution < 1.29 is 4.79 Å². The number of halogens is 1. The van der Waals surface area contributed by atoms with Gasteiger partial charge in [0.15, 0.2) is 5.78 Å². The van der Waals surface area contributed by atoms with E-state index in [1.165, 1.54) is 0 Å². The van der Waals surface area contributed by atoms with Crippen molar-refractivity contribution in [1.82, 2.24) is 0 Å². The molecule has 0 aliphatic heterocycles. The van der Waals surface area contributed by atoms with Gasteiger partial charge >= 0.3 is 0 Å². The zero-order chi connectivity index (χ0) is 15.8. The normalized spacial score (nSPS) is 11.0. The lowest BCUT2D eigenvalue weighted by molar-refractivity contribution is 0.104. The zero-order valence-corrected chi connectivity index (χ0v) is 13.9. The van der Waals surface area contributed by atoms with E-state index in [2.05, 4.69) is 15.9 Å². The molecule has 0 heterocycles. The van der Waals surface area contributed by atoms with Crippen LogP contribution < -0.4 is 0 Å². The molecular formula is C21H13BrO. The van der Waals surface area contributed by atoms with Crippen LogP contribution in [0.15, 0.2) is 83.3 Å². The first kappa shape index (κ1) is 14.2. The fourth-order valence-electron chi connectivity index (χ4n) is 3.03. The van der Waals surface area contributed by atoms with Crippen LogP contribution in [0, 0.1) is 0 Å². The van der Waals surface area contributed by atoms with Crippen molar-refractivity contribution in [2.45, 2.75) is 0 Å². The van der Waals surface area contributed by atoms with E-state index in [1.807, 2.05) is 78.9 Å².